The maximum Gasteiger partial charge on any atom is 0.244 e. The number of hydrogen-bond donors (Lipinski definition) is 1. The standard InChI is InChI=1S/C16H31N3O/c1-6-16(4)15(20)19(14(17-16)11-12(2)3)13-7-9-18(5)10-8-13/h12-14,17H,6-11H2,1-5H3. The topological polar surface area (TPSA) is 35.6 Å². The summed E-state index contributed by atoms with van der Waals surface area (Å²) in [6.45, 7) is 10.9. The second-order valence-electron chi connectivity index (χ2n) is 7.22. The molecule has 2 aliphatic rings. The van der Waals surface area contributed by atoms with E-state index in [1.165, 1.54) is 0 Å². The summed E-state index contributed by atoms with van der Waals surface area (Å²) in [5.41, 5.74) is -0.358. The molecule has 0 aromatic carbocycles. The predicted molar refractivity (Wildman–Crippen MR) is 82.4 cm³/mol. The third-order valence-electron chi connectivity index (χ3n) is 5.01. The Kier molecular flexibility index (Phi) is 4.75. The number of nitrogens with zero attached hydrogens (tertiary/aromatic N) is 2. The van der Waals surface area contributed by atoms with E-state index < -0.39 is 0 Å². The summed E-state index contributed by atoms with van der Waals surface area (Å²) in [6.07, 6.45) is 4.36. The molecule has 2 unspecified atom stereocenters. The summed E-state index contributed by atoms with van der Waals surface area (Å²) < 4.78 is 0. The third-order valence-corrected chi connectivity index (χ3v) is 5.01. The maximum absolute atomic E-state index is 12.9. The summed E-state index contributed by atoms with van der Waals surface area (Å²) >= 11 is 0. The minimum Gasteiger partial charge on any atom is -0.322 e. The van der Waals surface area contributed by atoms with E-state index in [-0.39, 0.29) is 11.7 Å². The summed E-state index contributed by atoms with van der Waals surface area (Å²) in [5.74, 6) is 0.925. The van der Waals surface area contributed by atoms with Crippen LogP contribution in [0.2, 0.25) is 0 Å². The number of carbonyl (C=O) groups excluding carboxylic acids is 1. The lowest BCUT2D eigenvalue weighted by Crippen LogP contribution is -2.50. The van der Waals surface area contributed by atoms with Crippen LogP contribution in [0.25, 0.3) is 0 Å². The predicted octanol–water partition coefficient (Wildman–Crippen LogP) is 2.05. The molecule has 1 N–H and O–H groups in total. The first kappa shape index (κ1) is 15.8. The normalized spacial score (nSPS) is 33.4. The van der Waals surface area contributed by atoms with Gasteiger partial charge in [0.15, 0.2) is 0 Å². The van der Waals surface area contributed by atoms with Crippen LogP contribution >= 0.6 is 0 Å². The van der Waals surface area contributed by atoms with Crippen molar-refractivity contribution in [1.29, 1.82) is 0 Å². The number of piperidine rings is 1. The number of rotatable bonds is 4. The summed E-state index contributed by atoms with van der Waals surface area (Å²) in [4.78, 5) is 17.4. The zero-order valence-corrected chi connectivity index (χ0v) is 13.8. The molecule has 2 saturated heterocycles. The van der Waals surface area contributed by atoms with Gasteiger partial charge in [0.25, 0.3) is 0 Å². The average molecular weight is 281 g/mol. The van der Waals surface area contributed by atoms with Crippen LogP contribution in [0.4, 0.5) is 0 Å². The van der Waals surface area contributed by atoms with Crippen LogP contribution in [0, 0.1) is 5.92 Å². The van der Waals surface area contributed by atoms with Gasteiger partial charge in [-0.05, 0) is 58.7 Å². The van der Waals surface area contributed by atoms with Crippen LogP contribution in [0.3, 0.4) is 0 Å². The number of likely N-dealkylation sites (tertiary alicyclic amines) is 1. The lowest BCUT2D eigenvalue weighted by molar-refractivity contribution is -0.136. The molecule has 2 heterocycles. The van der Waals surface area contributed by atoms with Crippen LogP contribution in [0.1, 0.15) is 53.4 Å². The van der Waals surface area contributed by atoms with Gasteiger partial charge in [0.1, 0.15) is 0 Å². The molecule has 2 aliphatic heterocycles. The highest BCUT2D eigenvalue weighted by molar-refractivity contribution is 5.88. The van der Waals surface area contributed by atoms with Crippen LogP contribution in [0.15, 0.2) is 0 Å². The minimum absolute atomic E-state index is 0.223. The van der Waals surface area contributed by atoms with Gasteiger partial charge in [0.05, 0.1) is 11.7 Å². The van der Waals surface area contributed by atoms with Crippen LogP contribution in [-0.2, 0) is 4.79 Å². The zero-order valence-electron chi connectivity index (χ0n) is 13.8. The average Bonchev–Trinajstić information content (AvgIpc) is 2.63. The molecule has 4 nitrogen and oxygen atoms in total. The van der Waals surface area contributed by atoms with Gasteiger partial charge in [-0.25, -0.2) is 0 Å². The van der Waals surface area contributed by atoms with E-state index in [2.05, 4.69) is 49.9 Å². The van der Waals surface area contributed by atoms with Gasteiger partial charge in [0, 0.05) is 6.04 Å². The Labute approximate surface area is 123 Å². The Hall–Kier alpha value is -0.610. The van der Waals surface area contributed by atoms with E-state index in [9.17, 15) is 4.79 Å². The van der Waals surface area contributed by atoms with Gasteiger partial charge in [-0.1, -0.05) is 20.8 Å². The lowest BCUT2D eigenvalue weighted by Gasteiger charge is -2.38. The fourth-order valence-electron chi connectivity index (χ4n) is 3.49. The van der Waals surface area contributed by atoms with Crippen molar-refractivity contribution in [2.24, 2.45) is 5.92 Å². The molecule has 0 aliphatic carbocycles. The van der Waals surface area contributed by atoms with Crippen molar-refractivity contribution in [2.75, 3.05) is 20.1 Å². The molecule has 2 rings (SSSR count). The van der Waals surface area contributed by atoms with Crippen molar-refractivity contribution in [3.8, 4) is 0 Å². The molecular formula is C16H31N3O. The van der Waals surface area contributed by atoms with E-state index in [4.69, 9.17) is 0 Å². The highest BCUT2D eigenvalue weighted by Gasteiger charge is 2.49. The fraction of sp³-hybridized carbons (Fsp3) is 0.938. The van der Waals surface area contributed by atoms with Crippen molar-refractivity contribution in [2.45, 2.75) is 71.1 Å². The quantitative estimate of drug-likeness (QED) is 0.857. The Morgan fingerprint density at radius 2 is 1.95 bits per heavy atom. The first-order valence-corrected chi connectivity index (χ1v) is 8.16. The molecule has 0 bridgehead atoms. The largest absolute Gasteiger partial charge is 0.322 e. The van der Waals surface area contributed by atoms with Gasteiger partial charge >= 0.3 is 0 Å². The second-order valence-corrected chi connectivity index (χ2v) is 7.22. The van der Waals surface area contributed by atoms with Crippen LogP contribution < -0.4 is 5.32 Å². The zero-order chi connectivity index (χ0) is 14.9. The molecule has 116 valence electrons. The fourth-order valence-corrected chi connectivity index (χ4v) is 3.49. The first-order chi connectivity index (χ1) is 9.37. The van der Waals surface area contributed by atoms with Crippen molar-refractivity contribution in [3.05, 3.63) is 0 Å². The van der Waals surface area contributed by atoms with Crippen molar-refractivity contribution in [3.63, 3.8) is 0 Å². The molecule has 0 aromatic heterocycles. The summed E-state index contributed by atoms with van der Waals surface area (Å²) in [5, 5.41) is 3.62. The van der Waals surface area contributed by atoms with Crippen molar-refractivity contribution in [1.82, 2.24) is 15.1 Å². The van der Waals surface area contributed by atoms with E-state index in [1.54, 1.807) is 0 Å². The highest BCUT2D eigenvalue weighted by atomic mass is 16.2. The van der Waals surface area contributed by atoms with Crippen molar-refractivity contribution < 1.29 is 4.79 Å². The summed E-state index contributed by atoms with van der Waals surface area (Å²) in [7, 11) is 2.17. The molecule has 0 aromatic rings. The molecule has 0 saturated carbocycles. The molecule has 0 radical (unpaired) electrons. The molecular weight excluding hydrogens is 250 g/mol. The van der Waals surface area contributed by atoms with E-state index >= 15 is 0 Å². The SMILES string of the molecule is CCC1(C)NC(CC(C)C)N(C2CCN(C)CC2)C1=O. The smallest absolute Gasteiger partial charge is 0.244 e. The lowest BCUT2D eigenvalue weighted by atomic mass is 9.97. The molecule has 2 atom stereocenters. The molecule has 1 amide bonds. The Balaban J connectivity index is 2.15. The third kappa shape index (κ3) is 3.01. The van der Waals surface area contributed by atoms with Gasteiger partial charge in [-0.3, -0.25) is 10.1 Å². The Bertz CT molecular complexity index is 350. The van der Waals surface area contributed by atoms with Crippen LogP contribution in [-0.4, -0.2) is 53.6 Å². The first-order valence-electron chi connectivity index (χ1n) is 8.16. The van der Waals surface area contributed by atoms with Gasteiger partial charge in [-0.15, -0.1) is 0 Å². The highest BCUT2D eigenvalue weighted by Crippen LogP contribution is 2.31. The monoisotopic (exact) mass is 281 g/mol. The number of hydrogen-bond acceptors (Lipinski definition) is 3. The minimum atomic E-state index is -0.358. The van der Waals surface area contributed by atoms with E-state index in [1.807, 2.05) is 0 Å². The molecule has 4 heteroatoms. The summed E-state index contributed by atoms with van der Waals surface area (Å²) in [6, 6.07) is 0.420. The molecule has 2 fully saturated rings. The Morgan fingerprint density at radius 1 is 1.35 bits per heavy atom. The maximum atomic E-state index is 12.9. The van der Waals surface area contributed by atoms with Crippen LogP contribution in [0.5, 0.6) is 0 Å². The van der Waals surface area contributed by atoms with E-state index in [0.717, 1.165) is 38.8 Å². The van der Waals surface area contributed by atoms with Gasteiger partial charge in [-0.2, -0.15) is 0 Å². The van der Waals surface area contributed by atoms with Gasteiger partial charge in [0.2, 0.25) is 5.91 Å². The second kappa shape index (κ2) is 6.02. The van der Waals surface area contributed by atoms with Crippen molar-refractivity contribution >= 4 is 5.91 Å². The number of amides is 1. The molecule has 20 heavy (non-hydrogen) atoms. The van der Waals surface area contributed by atoms with E-state index in [0.29, 0.717) is 17.9 Å². The molecule has 0 spiro atoms. The number of carbonyl (C=O) groups is 1. The number of nitrogens with one attached hydrogen (secondary N) is 1. The van der Waals surface area contributed by atoms with Gasteiger partial charge < -0.3 is 9.80 Å². The Morgan fingerprint density at radius 3 is 2.45 bits per heavy atom.